The average molecular weight is 392 g/mol. The molecule has 0 saturated heterocycles. The van der Waals surface area contributed by atoms with E-state index in [1.807, 2.05) is 97.1 Å². The van der Waals surface area contributed by atoms with Gasteiger partial charge in [0.2, 0.25) is 0 Å². The van der Waals surface area contributed by atoms with Crippen LogP contribution in [0.3, 0.4) is 0 Å². The molecule has 0 fully saturated rings. The molecule has 3 nitrogen and oxygen atoms in total. The molecule has 4 aromatic carbocycles. The van der Waals surface area contributed by atoms with Crippen LogP contribution < -0.4 is 9.47 Å². The van der Waals surface area contributed by atoms with Gasteiger partial charge >= 0.3 is 0 Å². The van der Waals surface area contributed by atoms with Gasteiger partial charge in [-0.15, -0.1) is 0 Å². The quantitative estimate of drug-likeness (QED) is 0.353. The highest BCUT2D eigenvalue weighted by atomic mass is 16.5. The summed E-state index contributed by atoms with van der Waals surface area (Å²) in [6.07, 6.45) is 0. The normalized spacial score (nSPS) is 11.7. The molecule has 3 heteroatoms. The third-order valence-corrected chi connectivity index (χ3v) is 5.26. The molecule has 1 aliphatic carbocycles. The number of ketones is 1. The third-order valence-electron chi connectivity index (χ3n) is 5.26. The van der Waals surface area contributed by atoms with E-state index in [2.05, 4.69) is 0 Å². The molecule has 0 unspecified atom stereocenters. The Kier molecular flexibility index (Phi) is 4.78. The summed E-state index contributed by atoms with van der Waals surface area (Å²) in [4.78, 5) is 13.0. The summed E-state index contributed by atoms with van der Waals surface area (Å²) in [6, 6.07) is 31.4. The fourth-order valence-corrected chi connectivity index (χ4v) is 3.70. The Morgan fingerprint density at radius 3 is 1.37 bits per heavy atom. The Labute approximate surface area is 175 Å². The molecule has 0 aliphatic heterocycles. The predicted octanol–water partition coefficient (Wildman–Crippen LogP) is 6.06. The molecule has 0 heterocycles. The first-order valence-corrected chi connectivity index (χ1v) is 9.94. The highest BCUT2D eigenvalue weighted by Gasteiger charge is 2.27. The van der Waals surface area contributed by atoms with Crippen LogP contribution in [0.5, 0.6) is 11.5 Å². The summed E-state index contributed by atoms with van der Waals surface area (Å²) >= 11 is 0. The molecule has 30 heavy (non-hydrogen) atoms. The summed E-state index contributed by atoms with van der Waals surface area (Å²) in [5.74, 6) is 1.40. The van der Waals surface area contributed by atoms with Crippen molar-refractivity contribution in [2.75, 3.05) is 0 Å². The van der Waals surface area contributed by atoms with E-state index in [1.165, 1.54) is 0 Å². The van der Waals surface area contributed by atoms with Gasteiger partial charge in [-0.2, -0.15) is 0 Å². The molecule has 0 amide bonds. The van der Waals surface area contributed by atoms with Crippen molar-refractivity contribution in [1.29, 1.82) is 0 Å². The molecule has 5 rings (SSSR count). The second-order valence-electron chi connectivity index (χ2n) is 7.29. The van der Waals surface area contributed by atoms with Crippen molar-refractivity contribution >= 4 is 5.78 Å². The molecular formula is C27H20O3. The molecule has 0 aromatic heterocycles. The number of ether oxygens (including phenoxy) is 2. The molecule has 0 bridgehead atoms. The van der Waals surface area contributed by atoms with Crippen LogP contribution in [-0.4, -0.2) is 5.78 Å². The molecule has 1 aliphatic rings. The Morgan fingerprint density at radius 1 is 0.500 bits per heavy atom. The average Bonchev–Trinajstić information content (AvgIpc) is 3.09. The second-order valence-corrected chi connectivity index (χ2v) is 7.29. The van der Waals surface area contributed by atoms with Crippen molar-refractivity contribution in [3.05, 3.63) is 119 Å². The second kappa shape index (κ2) is 7.88. The van der Waals surface area contributed by atoms with Gasteiger partial charge in [-0.1, -0.05) is 60.7 Å². The first-order valence-electron chi connectivity index (χ1n) is 9.94. The molecule has 0 radical (unpaired) electrons. The van der Waals surface area contributed by atoms with Gasteiger partial charge in [-0.25, -0.2) is 0 Å². The van der Waals surface area contributed by atoms with Crippen LogP contribution in [0, 0.1) is 0 Å². The van der Waals surface area contributed by atoms with Gasteiger partial charge in [0.1, 0.15) is 24.7 Å². The van der Waals surface area contributed by atoms with Crippen LogP contribution >= 0.6 is 0 Å². The Bertz CT molecular complexity index is 1100. The summed E-state index contributed by atoms with van der Waals surface area (Å²) in [6.45, 7) is 0.941. The van der Waals surface area contributed by atoms with Gasteiger partial charge in [0.05, 0.1) is 0 Å². The van der Waals surface area contributed by atoms with Crippen molar-refractivity contribution in [2.45, 2.75) is 13.2 Å². The first-order chi connectivity index (χ1) is 14.8. The van der Waals surface area contributed by atoms with Crippen molar-refractivity contribution in [2.24, 2.45) is 0 Å². The zero-order valence-electron chi connectivity index (χ0n) is 16.4. The Balaban J connectivity index is 1.34. The molecule has 0 atom stereocenters. The minimum absolute atomic E-state index is 0.00956. The lowest BCUT2D eigenvalue weighted by molar-refractivity contribution is 0.104. The SMILES string of the molecule is O=C1c2cc(OCc3ccccc3)ccc2-c2ccc(OCc3ccccc3)cc21. The monoisotopic (exact) mass is 392 g/mol. The minimum Gasteiger partial charge on any atom is -0.489 e. The largest absolute Gasteiger partial charge is 0.489 e. The smallest absolute Gasteiger partial charge is 0.194 e. The van der Waals surface area contributed by atoms with E-state index in [1.54, 1.807) is 0 Å². The Hall–Kier alpha value is -3.85. The summed E-state index contributed by atoms with van der Waals surface area (Å²) in [7, 11) is 0. The van der Waals surface area contributed by atoms with Crippen LogP contribution in [0.1, 0.15) is 27.0 Å². The van der Waals surface area contributed by atoms with Gasteiger partial charge in [-0.05, 0) is 58.7 Å². The van der Waals surface area contributed by atoms with Crippen LogP contribution in [0.2, 0.25) is 0 Å². The van der Waals surface area contributed by atoms with Crippen molar-refractivity contribution in [3.63, 3.8) is 0 Å². The number of hydrogen-bond donors (Lipinski definition) is 0. The van der Waals surface area contributed by atoms with E-state index >= 15 is 0 Å². The first kappa shape index (κ1) is 18.2. The zero-order chi connectivity index (χ0) is 20.3. The van der Waals surface area contributed by atoms with Crippen LogP contribution in [-0.2, 0) is 13.2 Å². The highest BCUT2D eigenvalue weighted by Crippen LogP contribution is 2.40. The minimum atomic E-state index is 0.00956. The summed E-state index contributed by atoms with van der Waals surface area (Å²) in [5.41, 5.74) is 5.42. The number of carbonyl (C=O) groups excluding carboxylic acids is 1. The van der Waals surface area contributed by atoms with Crippen molar-refractivity contribution in [3.8, 4) is 22.6 Å². The maximum atomic E-state index is 13.0. The van der Waals surface area contributed by atoms with Crippen LogP contribution in [0.4, 0.5) is 0 Å². The van der Waals surface area contributed by atoms with E-state index in [0.29, 0.717) is 35.8 Å². The standard InChI is InChI=1S/C27H20O3/c28-27-25-15-21(29-17-19-7-3-1-4-8-19)11-13-23(25)24-14-12-22(16-26(24)27)30-18-20-9-5-2-6-10-20/h1-16H,17-18H2. The van der Waals surface area contributed by atoms with Gasteiger partial charge in [-0.3, -0.25) is 4.79 Å². The van der Waals surface area contributed by atoms with Gasteiger partial charge in [0.15, 0.2) is 5.78 Å². The van der Waals surface area contributed by atoms with Gasteiger partial charge < -0.3 is 9.47 Å². The van der Waals surface area contributed by atoms with Gasteiger partial charge in [0, 0.05) is 11.1 Å². The fourth-order valence-electron chi connectivity index (χ4n) is 3.70. The molecule has 4 aromatic rings. The number of rotatable bonds is 6. The lowest BCUT2D eigenvalue weighted by Crippen LogP contribution is -1.99. The van der Waals surface area contributed by atoms with Crippen molar-refractivity contribution in [1.82, 2.24) is 0 Å². The van der Waals surface area contributed by atoms with E-state index < -0.39 is 0 Å². The number of fused-ring (bicyclic) bond motifs is 3. The molecule has 0 saturated carbocycles. The van der Waals surface area contributed by atoms with Crippen LogP contribution in [0.15, 0.2) is 97.1 Å². The number of carbonyl (C=O) groups is 1. The third kappa shape index (κ3) is 3.58. The van der Waals surface area contributed by atoms with E-state index in [-0.39, 0.29) is 5.78 Å². The molecule has 0 spiro atoms. The maximum absolute atomic E-state index is 13.0. The number of benzene rings is 4. The molecule has 0 N–H and O–H groups in total. The maximum Gasteiger partial charge on any atom is 0.194 e. The highest BCUT2D eigenvalue weighted by molar-refractivity contribution is 6.22. The van der Waals surface area contributed by atoms with E-state index in [9.17, 15) is 4.79 Å². The fraction of sp³-hybridized carbons (Fsp3) is 0.0741. The zero-order valence-corrected chi connectivity index (χ0v) is 16.4. The molecular weight excluding hydrogens is 372 g/mol. The topological polar surface area (TPSA) is 35.5 Å². The van der Waals surface area contributed by atoms with Crippen molar-refractivity contribution < 1.29 is 14.3 Å². The van der Waals surface area contributed by atoms with E-state index in [4.69, 9.17) is 9.47 Å². The summed E-state index contributed by atoms with van der Waals surface area (Å²) < 4.78 is 11.8. The lowest BCUT2D eigenvalue weighted by atomic mass is 10.1. The molecule has 146 valence electrons. The number of hydrogen-bond acceptors (Lipinski definition) is 3. The van der Waals surface area contributed by atoms with Gasteiger partial charge in [0.25, 0.3) is 0 Å². The van der Waals surface area contributed by atoms with E-state index in [0.717, 1.165) is 22.3 Å². The van der Waals surface area contributed by atoms with Crippen LogP contribution in [0.25, 0.3) is 11.1 Å². The predicted molar refractivity (Wildman–Crippen MR) is 117 cm³/mol. The summed E-state index contributed by atoms with van der Waals surface area (Å²) in [5, 5.41) is 0. The lowest BCUT2D eigenvalue weighted by Gasteiger charge is -2.08. The Morgan fingerprint density at radius 2 is 0.933 bits per heavy atom.